The normalized spacial score (nSPS) is 15.2. The molecule has 0 bridgehead atoms. The van der Waals surface area contributed by atoms with Gasteiger partial charge in [-0.25, -0.2) is 0 Å². The fourth-order valence-corrected chi connectivity index (χ4v) is 4.94. The summed E-state index contributed by atoms with van der Waals surface area (Å²) in [5.74, 6) is -0.324. The zero-order valence-electron chi connectivity index (χ0n) is 18.3. The van der Waals surface area contributed by atoms with Crippen molar-refractivity contribution in [3.63, 3.8) is 0 Å². The summed E-state index contributed by atoms with van der Waals surface area (Å²) >= 11 is 19.1. The standard InChI is InChI=1S/C25H29Cl3N2O2/c1-2-23(25(32)29-18-10-4-3-5-11-18)30(16-19-21(27)13-8-14-22(19)28)24(31)15-17-9-6-7-12-20(17)26/h6-9,12-14,18,23H,2-5,10-11,15-16H2,1H3,(H,29,32)/t23-/m1/s1. The second-order valence-corrected chi connectivity index (χ2v) is 9.48. The van der Waals surface area contributed by atoms with Crippen LogP contribution in [0.3, 0.4) is 0 Å². The Hall–Kier alpha value is -1.75. The van der Waals surface area contributed by atoms with E-state index in [9.17, 15) is 9.59 Å². The van der Waals surface area contributed by atoms with E-state index in [0.29, 0.717) is 27.1 Å². The molecule has 1 saturated carbocycles. The van der Waals surface area contributed by atoms with Gasteiger partial charge >= 0.3 is 0 Å². The molecular formula is C25H29Cl3N2O2. The number of hydrogen-bond donors (Lipinski definition) is 1. The summed E-state index contributed by atoms with van der Waals surface area (Å²) in [5, 5.41) is 4.63. The summed E-state index contributed by atoms with van der Waals surface area (Å²) in [4.78, 5) is 28.4. The molecule has 1 N–H and O–H groups in total. The van der Waals surface area contributed by atoms with Gasteiger partial charge in [-0.2, -0.15) is 0 Å². The first-order valence-electron chi connectivity index (χ1n) is 11.2. The van der Waals surface area contributed by atoms with Crippen molar-refractivity contribution < 1.29 is 9.59 Å². The number of carbonyl (C=O) groups excluding carboxylic acids is 2. The molecular weight excluding hydrogens is 467 g/mol. The Morgan fingerprint density at radius 3 is 2.22 bits per heavy atom. The molecule has 2 aromatic rings. The number of rotatable bonds is 8. The van der Waals surface area contributed by atoms with Crippen molar-refractivity contribution in [3.05, 3.63) is 68.7 Å². The SMILES string of the molecule is CC[C@H](C(=O)NC1CCCCC1)N(Cc1c(Cl)cccc1Cl)C(=O)Cc1ccccc1Cl. The predicted molar refractivity (Wildman–Crippen MR) is 131 cm³/mol. The number of hydrogen-bond acceptors (Lipinski definition) is 2. The van der Waals surface area contributed by atoms with Gasteiger partial charge in [-0.15, -0.1) is 0 Å². The third-order valence-corrected chi connectivity index (χ3v) is 7.10. The Balaban J connectivity index is 1.87. The van der Waals surface area contributed by atoms with Gasteiger partial charge < -0.3 is 10.2 Å². The Morgan fingerprint density at radius 2 is 1.59 bits per heavy atom. The van der Waals surface area contributed by atoms with Crippen LogP contribution in [0.15, 0.2) is 42.5 Å². The van der Waals surface area contributed by atoms with Gasteiger partial charge in [0.05, 0.1) is 6.42 Å². The van der Waals surface area contributed by atoms with Crippen LogP contribution in [0.5, 0.6) is 0 Å². The second kappa shape index (κ2) is 11.9. The lowest BCUT2D eigenvalue weighted by atomic mass is 9.95. The third kappa shape index (κ3) is 6.40. The lowest BCUT2D eigenvalue weighted by Crippen LogP contribution is -2.52. The Bertz CT molecular complexity index is 924. The smallest absolute Gasteiger partial charge is 0.243 e. The minimum absolute atomic E-state index is 0.0922. The first-order chi connectivity index (χ1) is 15.4. The van der Waals surface area contributed by atoms with E-state index in [1.807, 2.05) is 25.1 Å². The van der Waals surface area contributed by atoms with Gasteiger partial charge in [0.2, 0.25) is 11.8 Å². The Kier molecular flexibility index (Phi) is 9.27. The highest BCUT2D eigenvalue weighted by Crippen LogP contribution is 2.28. The van der Waals surface area contributed by atoms with Crippen molar-refractivity contribution in [2.24, 2.45) is 0 Å². The minimum Gasteiger partial charge on any atom is -0.352 e. The first-order valence-corrected chi connectivity index (χ1v) is 12.3. The van der Waals surface area contributed by atoms with Crippen molar-refractivity contribution in [3.8, 4) is 0 Å². The molecule has 0 heterocycles. The number of nitrogens with one attached hydrogen (secondary N) is 1. The molecule has 3 rings (SSSR count). The van der Waals surface area contributed by atoms with E-state index < -0.39 is 6.04 Å². The Labute approximate surface area is 205 Å². The molecule has 1 aliphatic carbocycles. The average molecular weight is 496 g/mol. The lowest BCUT2D eigenvalue weighted by molar-refractivity contribution is -0.141. The Morgan fingerprint density at radius 1 is 0.969 bits per heavy atom. The van der Waals surface area contributed by atoms with Crippen LogP contribution >= 0.6 is 34.8 Å². The monoisotopic (exact) mass is 494 g/mol. The van der Waals surface area contributed by atoms with E-state index in [-0.39, 0.29) is 30.8 Å². The summed E-state index contributed by atoms with van der Waals surface area (Å²) in [6.07, 6.45) is 5.97. The molecule has 0 aromatic heterocycles. The maximum absolute atomic E-state index is 13.5. The number of amides is 2. The van der Waals surface area contributed by atoms with Crippen molar-refractivity contribution >= 4 is 46.6 Å². The minimum atomic E-state index is -0.626. The molecule has 4 nitrogen and oxygen atoms in total. The molecule has 0 unspecified atom stereocenters. The molecule has 0 aliphatic heterocycles. The maximum Gasteiger partial charge on any atom is 0.243 e. The molecule has 1 aliphatic rings. The van der Waals surface area contributed by atoms with E-state index in [1.165, 1.54) is 6.42 Å². The molecule has 7 heteroatoms. The molecule has 2 aromatic carbocycles. The summed E-state index contributed by atoms with van der Waals surface area (Å²) in [7, 11) is 0. The van der Waals surface area contributed by atoms with Crippen LogP contribution in [-0.4, -0.2) is 28.8 Å². The largest absolute Gasteiger partial charge is 0.352 e. The van der Waals surface area contributed by atoms with Crippen LogP contribution in [0.1, 0.15) is 56.6 Å². The number of carbonyl (C=O) groups is 2. The summed E-state index contributed by atoms with van der Waals surface area (Å²) in [6, 6.07) is 12.0. The average Bonchev–Trinajstić information content (AvgIpc) is 2.77. The fourth-order valence-electron chi connectivity index (χ4n) is 4.22. The third-order valence-electron chi connectivity index (χ3n) is 6.03. The summed E-state index contributed by atoms with van der Waals surface area (Å²) < 4.78 is 0. The second-order valence-electron chi connectivity index (χ2n) is 8.26. The highest BCUT2D eigenvalue weighted by atomic mass is 35.5. The van der Waals surface area contributed by atoms with Gasteiger partial charge in [0.25, 0.3) is 0 Å². The van der Waals surface area contributed by atoms with E-state index in [4.69, 9.17) is 34.8 Å². The molecule has 172 valence electrons. The molecule has 0 spiro atoms. The van der Waals surface area contributed by atoms with Crippen LogP contribution in [0.2, 0.25) is 15.1 Å². The number of benzene rings is 2. The fraction of sp³-hybridized carbons (Fsp3) is 0.440. The molecule has 2 amide bonds. The highest BCUT2D eigenvalue weighted by molar-refractivity contribution is 6.36. The van der Waals surface area contributed by atoms with E-state index in [0.717, 1.165) is 31.2 Å². The van der Waals surface area contributed by atoms with Gasteiger partial charge in [-0.05, 0) is 43.0 Å². The lowest BCUT2D eigenvalue weighted by Gasteiger charge is -2.33. The maximum atomic E-state index is 13.5. The van der Waals surface area contributed by atoms with Crippen LogP contribution in [0.25, 0.3) is 0 Å². The molecule has 0 saturated heterocycles. The quantitative estimate of drug-likeness (QED) is 0.458. The van der Waals surface area contributed by atoms with Crippen molar-refractivity contribution in [2.45, 2.75) is 70.5 Å². The van der Waals surface area contributed by atoms with Gasteiger partial charge in [0.1, 0.15) is 6.04 Å². The molecule has 1 atom stereocenters. The predicted octanol–water partition coefficient (Wildman–Crippen LogP) is 6.45. The van der Waals surface area contributed by atoms with Crippen LogP contribution < -0.4 is 5.32 Å². The van der Waals surface area contributed by atoms with E-state index >= 15 is 0 Å². The van der Waals surface area contributed by atoms with Crippen molar-refractivity contribution in [1.29, 1.82) is 0 Å². The van der Waals surface area contributed by atoms with Crippen LogP contribution in [0, 0.1) is 0 Å². The summed E-state index contributed by atoms with van der Waals surface area (Å²) in [5.41, 5.74) is 1.35. The molecule has 32 heavy (non-hydrogen) atoms. The van der Waals surface area contributed by atoms with Gasteiger partial charge in [0.15, 0.2) is 0 Å². The first kappa shape index (κ1) is 24.9. The van der Waals surface area contributed by atoms with Crippen LogP contribution in [-0.2, 0) is 22.6 Å². The highest BCUT2D eigenvalue weighted by Gasteiger charge is 2.31. The van der Waals surface area contributed by atoms with Crippen LogP contribution in [0.4, 0.5) is 0 Å². The van der Waals surface area contributed by atoms with Gasteiger partial charge in [-0.3, -0.25) is 9.59 Å². The number of nitrogens with zero attached hydrogens (tertiary/aromatic N) is 1. The number of halogens is 3. The van der Waals surface area contributed by atoms with Crippen molar-refractivity contribution in [2.75, 3.05) is 0 Å². The summed E-state index contributed by atoms with van der Waals surface area (Å²) in [6.45, 7) is 2.06. The zero-order valence-corrected chi connectivity index (χ0v) is 20.5. The zero-order chi connectivity index (χ0) is 23.1. The topological polar surface area (TPSA) is 49.4 Å². The van der Waals surface area contributed by atoms with Gasteiger partial charge in [0, 0.05) is 33.2 Å². The van der Waals surface area contributed by atoms with E-state index in [1.54, 1.807) is 29.2 Å². The van der Waals surface area contributed by atoms with E-state index in [2.05, 4.69) is 5.32 Å². The molecule has 0 radical (unpaired) electrons. The van der Waals surface area contributed by atoms with Crippen molar-refractivity contribution in [1.82, 2.24) is 10.2 Å². The van der Waals surface area contributed by atoms with Gasteiger partial charge in [-0.1, -0.05) is 85.3 Å². The molecule has 1 fully saturated rings.